The lowest BCUT2D eigenvalue weighted by Gasteiger charge is -2.05. The number of halogens is 2. The van der Waals surface area contributed by atoms with Crippen molar-refractivity contribution in [3.63, 3.8) is 0 Å². The maximum atomic E-state index is 11.1. The number of aromatic nitrogens is 3. The van der Waals surface area contributed by atoms with Gasteiger partial charge in [-0.2, -0.15) is 15.0 Å². The van der Waals surface area contributed by atoms with E-state index in [1.165, 1.54) is 7.05 Å². The molecule has 2 N–H and O–H groups in total. The Morgan fingerprint density at radius 1 is 1.19 bits per heavy atom. The fraction of sp³-hybridized carbons (Fsp3) is 0.500. The highest BCUT2D eigenvalue weighted by molar-refractivity contribution is 7.89. The Bertz CT molecular complexity index is 446. The number of nitrogens with one attached hydrogen (secondary N) is 2. The van der Waals surface area contributed by atoms with E-state index >= 15 is 0 Å². The van der Waals surface area contributed by atoms with Crippen molar-refractivity contribution in [2.24, 2.45) is 0 Å². The molecule has 0 unspecified atom stereocenters. The minimum absolute atomic E-state index is 0.0565. The van der Waals surface area contributed by atoms with Crippen LogP contribution >= 0.6 is 23.2 Å². The van der Waals surface area contributed by atoms with Crippen molar-refractivity contribution in [3.8, 4) is 0 Å². The lowest BCUT2D eigenvalue weighted by Crippen LogP contribution is -2.26. The minimum atomic E-state index is -3.26. The highest BCUT2D eigenvalue weighted by Crippen LogP contribution is 2.08. The number of rotatable bonds is 5. The molecule has 1 aromatic heterocycles. The maximum absolute atomic E-state index is 11.1. The van der Waals surface area contributed by atoms with Crippen molar-refractivity contribution in [2.45, 2.75) is 0 Å². The zero-order valence-electron chi connectivity index (χ0n) is 8.24. The van der Waals surface area contributed by atoms with Gasteiger partial charge >= 0.3 is 0 Å². The first-order valence-corrected chi connectivity index (χ1v) is 6.56. The average Bonchev–Trinajstić information content (AvgIpc) is 2.16. The Kier molecular flexibility index (Phi) is 4.66. The number of hydrogen-bond acceptors (Lipinski definition) is 6. The number of hydrogen-bond donors (Lipinski definition) is 2. The van der Waals surface area contributed by atoms with Crippen LogP contribution < -0.4 is 10.0 Å². The van der Waals surface area contributed by atoms with E-state index in [1.54, 1.807) is 0 Å². The molecular formula is C6H9Cl2N5O2S. The van der Waals surface area contributed by atoms with Crippen molar-refractivity contribution >= 4 is 39.2 Å². The van der Waals surface area contributed by atoms with E-state index in [2.05, 4.69) is 25.0 Å². The molecule has 0 aromatic carbocycles. The van der Waals surface area contributed by atoms with E-state index in [0.717, 1.165) is 0 Å². The van der Waals surface area contributed by atoms with Gasteiger partial charge in [-0.1, -0.05) is 0 Å². The molecule has 0 saturated carbocycles. The summed E-state index contributed by atoms with van der Waals surface area (Å²) >= 11 is 11.1. The topological polar surface area (TPSA) is 96.9 Å². The van der Waals surface area contributed by atoms with E-state index in [4.69, 9.17) is 23.2 Å². The lowest BCUT2D eigenvalue weighted by atomic mass is 10.7. The van der Waals surface area contributed by atoms with Gasteiger partial charge in [-0.25, -0.2) is 13.1 Å². The summed E-state index contributed by atoms with van der Waals surface area (Å²) in [5.41, 5.74) is 0. The van der Waals surface area contributed by atoms with Crippen molar-refractivity contribution < 1.29 is 8.42 Å². The summed E-state index contributed by atoms with van der Waals surface area (Å²) in [7, 11) is -1.92. The first-order valence-electron chi connectivity index (χ1n) is 4.15. The highest BCUT2D eigenvalue weighted by atomic mass is 35.5. The van der Waals surface area contributed by atoms with Crippen LogP contribution in [0.15, 0.2) is 0 Å². The zero-order valence-corrected chi connectivity index (χ0v) is 10.6. The van der Waals surface area contributed by atoms with Gasteiger partial charge < -0.3 is 5.32 Å². The molecule has 90 valence electrons. The smallest absolute Gasteiger partial charge is 0.228 e. The predicted octanol–water partition coefficient (Wildman–Crippen LogP) is 0.139. The SMILES string of the molecule is CNS(=O)(=O)CCNc1nc(Cl)nc(Cl)n1. The van der Waals surface area contributed by atoms with Crippen LogP contribution in [0.2, 0.25) is 10.6 Å². The summed E-state index contributed by atoms with van der Waals surface area (Å²) in [4.78, 5) is 11.0. The second-order valence-corrected chi connectivity index (χ2v) is 5.37. The third-order valence-corrected chi connectivity index (χ3v) is 3.25. The molecule has 0 radical (unpaired) electrons. The summed E-state index contributed by atoms with van der Waals surface area (Å²) in [5, 5.41) is 2.55. The van der Waals surface area contributed by atoms with Crippen LogP contribution in [0, 0.1) is 0 Å². The molecule has 7 nitrogen and oxygen atoms in total. The predicted molar refractivity (Wildman–Crippen MR) is 61.2 cm³/mol. The Balaban J connectivity index is 2.55. The Hall–Kier alpha value is -0.700. The van der Waals surface area contributed by atoms with Gasteiger partial charge in [0.15, 0.2) is 0 Å². The van der Waals surface area contributed by atoms with Crippen LogP contribution in [-0.4, -0.2) is 42.7 Å². The van der Waals surface area contributed by atoms with Crippen LogP contribution in [0.1, 0.15) is 0 Å². The average molecular weight is 286 g/mol. The molecule has 0 atom stereocenters. The van der Waals surface area contributed by atoms with Crippen LogP contribution in [0.4, 0.5) is 5.95 Å². The van der Waals surface area contributed by atoms with E-state index in [1.807, 2.05) is 0 Å². The molecule has 1 rings (SSSR count). The summed E-state index contributed by atoms with van der Waals surface area (Å²) in [5.74, 6) is 0.0287. The van der Waals surface area contributed by atoms with Crippen LogP contribution in [0.25, 0.3) is 0 Å². The molecule has 0 bridgehead atoms. The second kappa shape index (κ2) is 5.58. The van der Waals surface area contributed by atoms with Crippen LogP contribution in [-0.2, 0) is 10.0 Å². The molecule has 16 heavy (non-hydrogen) atoms. The van der Waals surface area contributed by atoms with Crippen molar-refractivity contribution in [2.75, 3.05) is 24.7 Å². The van der Waals surface area contributed by atoms with Crippen LogP contribution in [0.5, 0.6) is 0 Å². The quantitative estimate of drug-likeness (QED) is 0.799. The summed E-state index contributed by atoms with van der Waals surface area (Å²) in [6.07, 6.45) is 0. The molecule has 0 aliphatic heterocycles. The Morgan fingerprint density at radius 3 is 2.25 bits per heavy atom. The van der Waals surface area contributed by atoms with Gasteiger partial charge in [0.25, 0.3) is 0 Å². The van der Waals surface area contributed by atoms with Gasteiger partial charge in [0.05, 0.1) is 5.75 Å². The summed E-state index contributed by atoms with van der Waals surface area (Å²) in [6.45, 7) is 0.139. The molecular weight excluding hydrogens is 277 g/mol. The standard InChI is InChI=1S/C6H9Cl2N5O2S/c1-9-16(14,15)3-2-10-6-12-4(7)11-5(8)13-6/h9H,2-3H2,1H3,(H,10,11,12,13). The molecule has 10 heteroatoms. The van der Waals surface area contributed by atoms with Gasteiger partial charge in [-0.3, -0.25) is 0 Å². The second-order valence-electron chi connectivity index (χ2n) is 2.65. The molecule has 0 saturated heterocycles. The Morgan fingerprint density at radius 2 is 1.75 bits per heavy atom. The van der Waals surface area contributed by atoms with Crippen LogP contribution in [0.3, 0.4) is 0 Å². The fourth-order valence-electron chi connectivity index (χ4n) is 0.804. The van der Waals surface area contributed by atoms with Crippen molar-refractivity contribution in [3.05, 3.63) is 10.6 Å². The molecule has 1 aromatic rings. The van der Waals surface area contributed by atoms with Gasteiger partial charge in [0.1, 0.15) is 0 Å². The first kappa shape index (κ1) is 13.4. The van der Waals surface area contributed by atoms with Crippen molar-refractivity contribution in [1.29, 1.82) is 0 Å². The number of sulfonamides is 1. The third-order valence-electron chi connectivity index (χ3n) is 1.55. The van der Waals surface area contributed by atoms with E-state index < -0.39 is 10.0 Å². The molecule has 0 spiro atoms. The van der Waals surface area contributed by atoms with Gasteiger partial charge in [-0.05, 0) is 30.2 Å². The minimum Gasteiger partial charge on any atom is -0.353 e. The maximum Gasteiger partial charge on any atom is 0.228 e. The first-order chi connectivity index (χ1) is 7.43. The molecule has 0 fully saturated rings. The summed E-state index contributed by atoms with van der Waals surface area (Å²) < 4.78 is 24.3. The zero-order chi connectivity index (χ0) is 12.2. The molecule has 0 aliphatic rings. The molecule has 0 amide bonds. The normalized spacial score (nSPS) is 11.4. The molecule has 1 heterocycles. The number of anilines is 1. The van der Waals surface area contributed by atoms with E-state index in [0.29, 0.717) is 0 Å². The van der Waals surface area contributed by atoms with Gasteiger partial charge in [0, 0.05) is 6.54 Å². The molecule has 0 aliphatic carbocycles. The number of nitrogens with zero attached hydrogens (tertiary/aromatic N) is 3. The van der Waals surface area contributed by atoms with E-state index in [-0.39, 0.29) is 28.8 Å². The largest absolute Gasteiger partial charge is 0.353 e. The lowest BCUT2D eigenvalue weighted by molar-refractivity contribution is 0.588. The highest BCUT2D eigenvalue weighted by Gasteiger charge is 2.07. The van der Waals surface area contributed by atoms with E-state index in [9.17, 15) is 8.42 Å². The summed E-state index contributed by atoms with van der Waals surface area (Å²) in [6, 6.07) is 0. The third kappa shape index (κ3) is 4.44. The van der Waals surface area contributed by atoms with Crippen molar-refractivity contribution in [1.82, 2.24) is 19.7 Å². The monoisotopic (exact) mass is 285 g/mol. The van der Waals surface area contributed by atoms with Gasteiger partial charge in [-0.15, -0.1) is 0 Å². The Labute approximate surface area is 103 Å². The fourth-order valence-corrected chi connectivity index (χ4v) is 1.74. The van der Waals surface area contributed by atoms with Gasteiger partial charge in [0.2, 0.25) is 26.5 Å².